The molecule has 3 aromatic carbocycles. The lowest BCUT2D eigenvalue weighted by atomic mass is 9.98. The Balaban J connectivity index is 1.88. The number of hydrogen-bond donors (Lipinski definition) is 3. The molecule has 0 heterocycles. The number of carboxylic acids is 1. The summed E-state index contributed by atoms with van der Waals surface area (Å²) in [6, 6.07) is 14.3. The third-order valence-electron chi connectivity index (χ3n) is 4.58. The number of rotatable bonds is 7. The molecule has 11 heteroatoms. The first-order valence-corrected chi connectivity index (χ1v) is 9.38. The van der Waals surface area contributed by atoms with Crippen LogP contribution in [0.3, 0.4) is 0 Å². The molecule has 0 bridgehead atoms. The topological polar surface area (TPSA) is 122 Å². The van der Waals surface area contributed by atoms with Crippen LogP contribution in [0.4, 0.5) is 30.2 Å². The fraction of sp³-hybridized carbons (Fsp3) is 0.0909. The molecule has 0 radical (unpaired) electrons. The van der Waals surface area contributed by atoms with E-state index in [9.17, 15) is 32.9 Å². The number of nitrogens with zero attached hydrogens (tertiary/aromatic N) is 1. The summed E-state index contributed by atoms with van der Waals surface area (Å²) in [6.07, 6.45) is -4.49. The zero-order chi connectivity index (χ0) is 24.2. The van der Waals surface area contributed by atoms with Crippen molar-refractivity contribution in [3.63, 3.8) is 0 Å². The Labute approximate surface area is 184 Å². The number of benzene rings is 3. The molecule has 0 fully saturated rings. The van der Waals surface area contributed by atoms with Crippen molar-refractivity contribution in [2.75, 3.05) is 17.2 Å². The maximum Gasteiger partial charge on any atom is 0.416 e. The van der Waals surface area contributed by atoms with E-state index in [1.807, 2.05) is 0 Å². The average Bonchev–Trinajstić information content (AvgIpc) is 2.77. The molecule has 0 atom stereocenters. The average molecular weight is 459 g/mol. The van der Waals surface area contributed by atoms with Gasteiger partial charge in [-0.1, -0.05) is 30.3 Å². The van der Waals surface area contributed by atoms with Gasteiger partial charge in [0.05, 0.1) is 10.5 Å². The molecule has 0 saturated carbocycles. The summed E-state index contributed by atoms with van der Waals surface area (Å²) in [5.41, 5.74) is -0.318. The van der Waals surface area contributed by atoms with Crippen molar-refractivity contribution in [1.82, 2.24) is 0 Å². The van der Waals surface area contributed by atoms with Gasteiger partial charge in [-0.2, -0.15) is 13.2 Å². The number of nitro groups is 1. The summed E-state index contributed by atoms with van der Waals surface area (Å²) >= 11 is 0. The summed E-state index contributed by atoms with van der Waals surface area (Å²) in [5, 5.41) is 25.0. The molecule has 0 aliphatic heterocycles. The number of nitro benzene ring substituents is 1. The van der Waals surface area contributed by atoms with Gasteiger partial charge < -0.3 is 15.7 Å². The van der Waals surface area contributed by atoms with Gasteiger partial charge in [0.1, 0.15) is 12.2 Å². The number of aliphatic carboxylic acids is 1. The van der Waals surface area contributed by atoms with Crippen LogP contribution < -0.4 is 10.6 Å². The molecule has 0 unspecified atom stereocenters. The van der Waals surface area contributed by atoms with E-state index < -0.39 is 40.8 Å². The van der Waals surface area contributed by atoms with E-state index >= 15 is 0 Å². The molecule has 0 spiro atoms. The van der Waals surface area contributed by atoms with Gasteiger partial charge in [-0.3, -0.25) is 19.7 Å². The SMILES string of the molecule is O=C(O)CNc1ccc(NC(=O)c2ccccc2-c2ccc(C(F)(F)F)cc2)cc1[N+](=O)[O-]. The van der Waals surface area contributed by atoms with Crippen molar-refractivity contribution < 1.29 is 32.8 Å². The second-order valence-electron chi connectivity index (χ2n) is 6.81. The van der Waals surface area contributed by atoms with Crippen LogP contribution in [-0.4, -0.2) is 28.5 Å². The van der Waals surface area contributed by atoms with Crippen LogP contribution in [0.2, 0.25) is 0 Å². The van der Waals surface area contributed by atoms with Crippen LogP contribution in [0.1, 0.15) is 15.9 Å². The molecule has 0 aliphatic carbocycles. The predicted octanol–water partition coefficient (Wildman–Crippen LogP) is 5.03. The minimum absolute atomic E-state index is 0.0365. The molecule has 0 aromatic heterocycles. The van der Waals surface area contributed by atoms with Crippen molar-refractivity contribution in [3.05, 3.63) is 88.0 Å². The molecule has 8 nitrogen and oxygen atoms in total. The second-order valence-corrected chi connectivity index (χ2v) is 6.81. The molecule has 0 saturated heterocycles. The predicted molar refractivity (Wildman–Crippen MR) is 114 cm³/mol. The monoisotopic (exact) mass is 459 g/mol. The van der Waals surface area contributed by atoms with Gasteiger partial charge >= 0.3 is 12.1 Å². The minimum atomic E-state index is -4.49. The molecule has 3 rings (SSSR count). The van der Waals surface area contributed by atoms with E-state index in [2.05, 4.69) is 10.6 Å². The smallest absolute Gasteiger partial charge is 0.416 e. The molecule has 33 heavy (non-hydrogen) atoms. The van der Waals surface area contributed by atoms with Gasteiger partial charge in [-0.05, 0) is 41.5 Å². The van der Waals surface area contributed by atoms with Crippen LogP contribution >= 0.6 is 0 Å². The van der Waals surface area contributed by atoms with Crippen LogP contribution in [0, 0.1) is 10.1 Å². The Kier molecular flexibility index (Phi) is 6.61. The Bertz CT molecular complexity index is 1210. The highest BCUT2D eigenvalue weighted by Gasteiger charge is 2.30. The Morgan fingerprint density at radius 1 is 1.00 bits per heavy atom. The highest BCUT2D eigenvalue weighted by molar-refractivity contribution is 6.09. The molecular weight excluding hydrogens is 443 g/mol. The normalized spacial score (nSPS) is 11.0. The maximum atomic E-state index is 12.9. The van der Waals surface area contributed by atoms with Gasteiger partial charge in [-0.25, -0.2) is 0 Å². The molecule has 3 N–H and O–H groups in total. The number of anilines is 2. The van der Waals surface area contributed by atoms with Crippen molar-refractivity contribution >= 4 is 28.9 Å². The van der Waals surface area contributed by atoms with Crippen LogP contribution in [0.5, 0.6) is 0 Å². The maximum absolute atomic E-state index is 12.9. The van der Waals surface area contributed by atoms with Crippen LogP contribution in [-0.2, 0) is 11.0 Å². The summed E-state index contributed by atoms with van der Waals surface area (Å²) in [6.45, 7) is -0.535. The van der Waals surface area contributed by atoms with Gasteiger partial charge in [0.15, 0.2) is 0 Å². The summed E-state index contributed by atoms with van der Waals surface area (Å²) < 4.78 is 38.5. The number of carbonyl (C=O) groups is 2. The first kappa shape index (κ1) is 23.3. The highest BCUT2D eigenvalue weighted by atomic mass is 19.4. The summed E-state index contributed by atoms with van der Waals surface area (Å²) in [4.78, 5) is 34.2. The van der Waals surface area contributed by atoms with Crippen molar-refractivity contribution in [2.45, 2.75) is 6.18 Å². The third kappa shape index (κ3) is 5.64. The van der Waals surface area contributed by atoms with Gasteiger partial charge in [0, 0.05) is 17.3 Å². The molecule has 1 amide bonds. The summed E-state index contributed by atoms with van der Waals surface area (Å²) in [7, 11) is 0. The molecule has 0 aliphatic rings. The van der Waals surface area contributed by atoms with Crippen molar-refractivity contribution in [1.29, 1.82) is 0 Å². The number of amides is 1. The third-order valence-corrected chi connectivity index (χ3v) is 4.58. The standard InChI is InChI=1S/C22H16F3N3O5/c23-22(24,25)14-7-5-13(6-8-14)16-3-1-2-4-17(16)21(31)27-15-9-10-18(26-12-20(29)30)19(11-15)28(32)33/h1-11,26H,12H2,(H,27,31)(H,29,30). The number of carbonyl (C=O) groups excluding carboxylic acids is 1. The Morgan fingerprint density at radius 2 is 1.67 bits per heavy atom. The van der Waals surface area contributed by atoms with Crippen molar-refractivity contribution in [3.8, 4) is 11.1 Å². The quantitative estimate of drug-likeness (QED) is 0.337. The van der Waals surface area contributed by atoms with E-state index in [1.165, 1.54) is 30.3 Å². The number of carboxylic acid groups (broad SMARTS) is 1. The number of halogens is 3. The lowest BCUT2D eigenvalue weighted by molar-refractivity contribution is -0.383. The molecular formula is C22H16F3N3O5. The molecule has 3 aromatic rings. The van der Waals surface area contributed by atoms with Crippen LogP contribution in [0.15, 0.2) is 66.7 Å². The minimum Gasteiger partial charge on any atom is -0.480 e. The second kappa shape index (κ2) is 9.39. The lowest BCUT2D eigenvalue weighted by Crippen LogP contribution is -2.15. The van der Waals surface area contributed by atoms with E-state index in [-0.39, 0.29) is 16.9 Å². The van der Waals surface area contributed by atoms with Gasteiger partial charge in [0.25, 0.3) is 11.6 Å². The van der Waals surface area contributed by atoms with E-state index in [0.717, 1.165) is 18.2 Å². The largest absolute Gasteiger partial charge is 0.480 e. The Hall–Kier alpha value is -4.41. The zero-order valence-electron chi connectivity index (χ0n) is 16.7. The van der Waals surface area contributed by atoms with E-state index in [4.69, 9.17) is 5.11 Å². The van der Waals surface area contributed by atoms with Gasteiger partial charge in [0.2, 0.25) is 0 Å². The highest BCUT2D eigenvalue weighted by Crippen LogP contribution is 2.32. The first-order chi connectivity index (χ1) is 15.6. The zero-order valence-corrected chi connectivity index (χ0v) is 16.7. The number of alkyl halides is 3. The fourth-order valence-corrected chi connectivity index (χ4v) is 3.05. The Morgan fingerprint density at radius 3 is 2.27 bits per heavy atom. The summed E-state index contributed by atoms with van der Waals surface area (Å²) in [5.74, 6) is -1.84. The van der Waals surface area contributed by atoms with E-state index in [1.54, 1.807) is 18.2 Å². The van der Waals surface area contributed by atoms with E-state index in [0.29, 0.717) is 11.1 Å². The number of hydrogen-bond acceptors (Lipinski definition) is 5. The van der Waals surface area contributed by atoms with Gasteiger partial charge in [-0.15, -0.1) is 0 Å². The van der Waals surface area contributed by atoms with Crippen LogP contribution in [0.25, 0.3) is 11.1 Å². The molecule has 170 valence electrons. The fourth-order valence-electron chi connectivity index (χ4n) is 3.05. The lowest BCUT2D eigenvalue weighted by Gasteiger charge is -2.12. The van der Waals surface area contributed by atoms with Crippen molar-refractivity contribution in [2.24, 2.45) is 0 Å². The first-order valence-electron chi connectivity index (χ1n) is 9.38. The number of nitrogens with one attached hydrogen (secondary N) is 2.